The van der Waals surface area contributed by atoms with Gasteiger partial charge in [0.05, 0.1) is 11.0 Å². The molecule has 0 aromatic rings. The van der Waals surface area contributed by atoms with Crippen molar-refractivity contribution in [2.24, 2.45) is 11.8 Å². The SMILES string of the molecule is CC(C)C1CNC(C2CC2)CN1CC1CCCS1(=O)=O. The lowest BCUT2D eigenvalue weighted by atomic mass is 9.96. The number of nitrogens with zero attached hydrogens (tertiary/aromatic N) is 1. The van der Waals surface area contributed by atoms with Crippen molar-refractivity contribution in [2.75, 3.05) is 25.4 Å². The topological polar surface area (TPSA) is 49.4 Å². The van der Waals surface area contributed by atoms with Gasteiger partial charge in [-0.15, -0.1) is 0 Å². The smallest absolute Gasteiger partial charge is 0.154 e. The molecule has 1 N–H and O–H groups in total. The summed E-state index contributed by atoms with van der Waals surface area (Å²) in [6.45, 7) is 7.32. The summed E-state index contributed by atoms with van der Waals surface area (Å²) in [6.07, 6.45) is 4.42. The molecule has 2 saturated heterocycles. The summed E-state index contributed by atoms with van der Waals surface area (Å²) in [5.41, 5.74) is 0. The molecule has 3 unspecified atom stereocenters. The van der Waals surface area contributed by atoms with Crippen molar-refractivity contribution in [3.63, 3.8) is 0 Å². The van der Waals surface area contributed by atoms with E-state index in [1.165, 1.54) is 12.8 Å². The Balaban J connectivity index is 1.68. The van der Waals surface area contributed by atoms with E-state index in [4.69, 9.17) is 0 Å². The first-order valence-electron chi connectivity index (χ1n) is 8.16. The number of sulfone groups is 1. The minimum absolute atomic E-state index is 0.110. The Bertz CT molecular complexity index is 445. The van der Waals surface area contributed by atoms with Crippen LogP contribution >= 0.6 is 0 Å². The van der Waals surface area contributed by atoms with Crippen LogP contribution in [0.15, 0.2) is 0 Å². The van der Waals surface area contributed by atoms with Gasteiger partial charge in [-0.1, -0.05) is 13.8 Å². The van der Waals surface area contributed by atoms with E-state index in [1.807, 2.05) is 0 Å². The highest BCUT2D eigenvalue weighted by Gasteiger charge is 2.40. The second-order valence-electron chi connectivity index (χ2n) is 7.25. The van der Waals surface area contributed by atoms with Gasteiger partial charge in [0, 0.05) is 31.7 Å². The van der Waals surface area contributed by atoms with Crippen molar-refractivity contribution in [1.29, 1.82) is 0 Å². The van der Waals surface area contributed by atoms with Gasteiger partial charge in [0.15, 0.2) is 9.84 Å². The zero-order chi connectivity index (χ0) is 14.3. The van der Waals surface area contributed by atoms with E-state index in [1.54, 1.807) is 0 Å². The lowest BCUT2D eigenvalue weighted by Gasteiger charge is -2.43. The van der Waals surface area contributed by atoms with E-state index in [0.717, 1.165) is 38.4 Å². The fourth-order valence-corrected chi connectivity index (χ4v) is 5.71. The molecule has 3 aliphatic rings. The van der Waals surface area contributed by atoms with E-state index >= 15 is 0 Å². The Kier molecular flexibility index (Phi) is 4.13. The van der Waals surface area contributed by atoms with Gasteiger partial charge in [-0.05, 0) is 37.5 Å². The van der Waals surface area contributed by atoms with Crippen LogP contribution < -0.4 is 5.32 Å². The van der Waals surface area contributed by atoms with Gasteiger partial charge in [0.25, 0.3) is 0 Å². The van der Waals surface area contributed by atoms with Crippen molar-refractivity contribution in [3.8, 4) is 0 Å². The number of hydrogen-bond acceptors (Lipinski definition) is 4. The maximum Gasteiger partial charge on any atom is 0.154 e. The standard InChI is InChI=1S/C15H28N2O2S/c1-11(2)15-8-16-14(12-5-6-12)10-17(15)9-13-4-3-7-20(13,18)19/h11-16H,3-10H2,1-2H3. The average molecular weight is 300 g/mol. The molecular formula is C15H28N2O2S. The number of nitrogens with one attached hydrogen (secondary N) is 1. The highest BCUT2D eigenvalue weighted by atomic mass is 32.2. The second-order valence-corrected chi connectivity index (χ2v) is 9.65. The molecule has 0 radical (unpaired) electrons. The van der Waals surface area contributed by atoms with Crippen LogP contribution in [0.4, 0.5) is 0 Å². The van der Waals surface area contributed by atoms with Crippen LogP contribution in [-0.4, -0.2) is 56.0 Å². The summed E-state index contributed by atoms with van der Waals surface area (Å²) in [5.74, 6) is 1.82. The quantitative estimate of drug-likeness (QED) is 0.849. The van der Waals surface area contributed by atoms with Crippen LogP contribution in [0.25, 0.3) is 0 Å². The highest BCUT2D eigenvalue weighted by Crippen LogP contribution is 2.35. The molecule has 5 heteroatoms. The third kappa shape index (κ3) is 3.04. The Morgan fingerprint density at radius 3 is 2.55 bits per heavy atom. The van der Waals surface area contributed by atoms with Gasteiger partial charge in [-0.25, -0.2) is 8.42 Å². The maximum absolute atomic E-state index is 12.1. The molecule has 0 amide bonds. The van der Waals surface area contributed by atoms with Crippen molar-refractivity contribution in [1.82, 2.24) is 10.2 Å². The molecule has 3 atom stereocenters. The predicted octanol–water partition coefficient (Wildman–Crippen LogP) is 1.27. The fraction of sp³-hybridized carbons (Fsp3) is 1.00. The molecule has 0 aromatic heterocycles. The predicted molar refractivity (Wildman–Crippen MR) is 81.5 cm³/mol. The zero-order valence-corrected chi connectivity index (χ0v) is 13.5. The van der Waals surface area contributed by atoms with Crippen LogP contribution in [0.5, 0.6) is 0 Å². The molecule has 0 bridgehead atoms. The third-order valence-corrected chi connectivity index (χ3v) is 7.61. The average Bonchev–Trinajstić information content (AvgIpc) is 3.16. The molecular weight excluding hydrogens is 272 g/mol. The zero-order valence-electron chi connectivity index (χ0n) is 12.7. The Hall–Kier alpha value is -0.130. The lowest BCUT2D eigenvalue weighted by molar-refractivity contribution is 0.0919. The van der Waals surface area contributed by atoms with Gasteiger partial charge in [-0.2, -0.15) is 0 Å². The van der Waals surface area contributed by atoms with Crippen molar-refractivity contribution in [2.45, 2.75) is 56.9 Å². The second kappa shape index (κ2) is 5.58. The lowest BCUT2D eigenvalue weighted by Crippen LogP contribution is -2.60. The molecule has 20 heavy (non-hydrogen) atoms. The maximum atomic E-state index is 12.1. The Morgan fingerprint density at radius 2 is 2.00 bits per heavy atom. The molecule has 4 nitrogen and oxygen atoms in total. The number of rotatable bonds is 4. The summed E-state index contributed by atoms with van der Waals surface area (Å²) in [6, 6.07) is 1.08. The molecule has 1 aliphatic carbocycles. The summed E-state index contributed by atoms with van der Waals surface area (Å²) < 4.78 is 24.2. The molecule has 1 saturated carbocycles. The molecule has 2 heterocycles. The van der Waals surface area contributed by atoms with Gasteiger partial charge in [0.1, 0.15) is 0 Å². The Labute approximate surface area is 123 Å². The molecule has 0 aromatic carbocycles. The van der Waals surface area contributed by atoms with Crippen LogP contribution in [0.2, 0.25) is 0 Å². The largest absolute Gasteiger partial charge is 0.311 e. The van der Waals surface area contributed by atoms with Crippen LogP contribution in [0, 0.1) is 11.8 Å². The molecule has 116 valence electrons. The Morgan fingerprint density at radius 1 is 1.25 bits per heavy atom. The minimum Gasteiger partial charge on any atom is -0.311 e. The van der Waals surface area contributed by atoms with Gasteiger partial charge in [-0.3, -0.25) is 4.90 Å². The van der Waals surface area contributed by atoms with Gasteiger partial charge in [0.2, 0.25) is 0 Å². The summed E-state index contributed by atoms with van der Waals surface area (Å²) >= 11 is 0. The summed E-state index contributed by atoms with van der Waals surface area (Å²) in [7, 11) is -2.82. The number of piperazine rings is 1. The summed E-state index contributed by atoms with van der Waals surface area (Å²) in [4.78, 5) is 2.48. The van der Waals surface area contributed by atoms with Crippen molar-refractivity contribution < 1.29 is 8.42 Å². The van der Waals surface area contributed by atoms with Gasteiger partial charge < -0.3 is 5.32 Å². The fourth-order valence-electron chi connectivity index (χ4n) is 3.86. The monoisotopic (exact) mass is 300 g/mol. The minimum atomic E-state index is -2.82. The van der Waals surface area contributed by atoms with E-state index < -0.39 is 9.84 Å². The number of hydrogen-bond donors (Lipinski definition) is 1. The van der Waals surface area contributed by atoms with E-state index in [2.05, 4.69) is 24.1 Å². The first-order valence-corrected chi connectivity index (χ1v) is 9.88. The van der Waals surface area contributed by atoms with E-state index in [-0.39, 0.29) is 5.25 Å². The van der Waals surface area contributed by atoms with E-state index in [0.29, 0.717) is 23.8 Å². The highest BCUT2D eigenvalue weighted by molar-refractivity contribution is 7.92. The molecule has 2 aliphatic heterocycles. The molecule has 0 spiro atoms. The van der Waals surface area contributed by atoms with Crippen LogP contribution in [0.3, 0.4) is 0 Å². The van der Waals surface area contributed by atoms with Crippen LogP contribution in [-0.2, 0) is 9.84 Å². The van der Waals surface area contributed by atoms with Crippen LogP contribution in [0.1, 0.15) is 39.5 Å². The first kappa shape index (κ1) is 14.8. The van der Waals surface area contributed by atoms with Crippen molar-refractivity contribution in [3.05, 3.63) is 0 Å². The van der Waals surface area contributed by atoms with Crippen molar-refractivity contribution >= 4 is 9.84 Å². The third-order valence-electron chi connectivity index (χ3n) is 5.35. The molecule has 3 rings (SSSR count). The molecule has 3 fully saturated rings. The summed E-state index contributed by atoms with van der Waals surface area (Å²) in [5, 5.41) is 3.59. The first-order chi connectivity index (χ1) is 9.47. The normalized spacial score (nSPS) is 38.5. The van der Waals surface area contributed by atoms with E-state index in [9.17, 15) is 8.42 Å². The van der Waals surface area contributed by atoms with Gasteiger partial charge >= 0.3 is 0 Å².